The van der Waals surface area contributed by atoms with E-state index in [0.717, 1.165) is 23.4 Å². The van der Waals surface area contributed by atoms with Crippen LogP contribution in [0.1, 0.15) is 42.8 Å². The lowest BCUT2D eigenvalue weighted by molar-refractivity contribution is 0.214. The number of nitrogens with one attached hydrogen (secondary N) is 1. The lowest BCUT2D eigenvalue weighted by Gasteiger charge is -2.17. The van der Waals surface area contributed by atoms with Crippen molar-refractivity contribution in [2.24, 2.45) is 0 Å². The van der Waals surface area contributed by atoms with Crippen molar-refractivity contribution in [2.45, 2.75) is 53.3 Å². The van der Waals surface area contributed by atoms with Gasteiger partial charge in [-0.3, -0.25) is 4.98 Å². The number of benzene rings is 1. The van der Waals surface area contributed by atoms with Crippen molar-refractivity contribution in [3.63, 3.8) is 0 Å². The van der Waals surface area contributed by atoms with E-state index in [1.165, 1.54) is 5.56 Å². The Bertz CT molecular complexity index is 656. The maximum Gasteiger partial charge on any atom is 0.138 e. The van der Waals surface area contributed by atoms with Gasteiger partial charge in [0.2, 0.25) is 0 Å². The number of rotatable bonds is 7. The van der Waals surface area contributed by atoms with Crippen molar-refractivity contribution < 1.29 is 9.84 Å². The molecular formula is C19H26N2O2. The molecule has 1 aromatic heterocycles. The van der Waals surface area contributed by atoms with Crippen LogP contribution in [0.2, 0.25) is 0 Å². The van der Waals surface area contributed by atoms with Crippen molar-refractivity contribution in [1.82, 2.24) is 10.3 Å². The van der Waals surface area contributed by atoms with Gasteiger partial charge in [0.1, 0.15) is 11.5 Å². The molecule has 0 fully saturated rings. The van der Waals surface area contributed by atoms with Crippen LogP contribution in [-0.4, -0.2) is 16.2 Å². The number of hydrogen-bond donors (Lipinski definition) is 2. The van der Waals surface area contributed by atoms with E-state index < -0.39 is 0 Å². The summed E-state index contributed by atoms with van der Waals surface area (Å²) in [5.41, 5.74) is 3.87. The second kappa shape index (κ2) is 7.97. The number of aromatic nitrogens is 1. The molecular weight excluding hydrogens is 288 g/mol. The summed E-state index contributed by atoms with van der Waals surface area (Å²) < 4.78 is 6.02. The Kier molecular flexibility index (Phi) is 5.99. The predicted octanol–water partition coefficient (Wildman–Crippen LogP) is 3.87. The molecule has 0 saturated heterocycles. The minimum Gasteiger partial charge on any atom is -0.506 e. The normalized spacial score (nSPS) is 12.2. The van der Waals surface area contributed by atoms with Crippen molar-refractivity contribution in [3.8, 4) is 11.5 Å². The molecule has 0 bridgehead atoms. The van der Waals surface area contributed by atoms with Crippen molar-refractivity contribution >= 4 is 0 Å². The average molecular weight is 314 g/mol. The van der Waals surface area contributed by atoms with Crippen molar-refractivity contribution in [1.29, 1.82) is 0 Å². The summed E-state index contributed by atoms with van der Waals surface area (Å²) in [6.45, 7) is 9.36. The molecule has 0 amide bonds. The zero-order valence-electron chi connectivity index (χ0n) is 14.4. The monoisotopic (exact) mass is 314 g/mol. The van der Waals surface area contributed by atoms with E-state index in [9.17, 15) is 5.11 Å². The molecule has 4 nitrogen and oxygen atoms in total. The molecule has 0 saturated carbocycles. The van der Waals surface area contributed by atoms with Crippen LogP contribution in [0.15, 0.2) is 30.3 Å². The van der Waals surface area contributed by atoms with Crippen LogP contribution >= 0.6 is 0 Å². The Hall–Kier alpha value is -2.07. The van der Waals surface area contributed by atoms with Crippen LogP contribution in [0.5, 0.6) is 11.5 Å². The van der Waals surface area contributed by atoms with E-state index in [1.54, 1.807) is 12.1 Å². The van der Waals surface area contributed by atoms with Crippen LogP contribution < -0.4 is 10.1 Å². The van der Waals surface area contributed by atoms with Crippen molar-refractivity contribution in [3.05, 3.63) is 52.8 Å². The Labute approximate surface area is 138 Å². The molecule has 23 heavy (non-hydrogen) atoms. The van der Waals surface area contributed by atoms with E-state index in [4.69, 9.17) is 4.74 Å². The first-order valence-electron chi connectivity index (χ1n) is 8.12. The minimum absolute atomic E-state index is 0.193. The molecule has 124 valence electrons. The number of aryl methyl sites for hydroxylation is 2. The zero-order chi connectivity index (χ0) is 16.8. The van der Waals surface area contributed by atoms with Crippen LogP contribution in [0.4, 0.5) is 0 Å². The summed E-state index contributed by atoms with van der Waals surface area (Å²) in [7, 11) is 0. The molecule has 1 heterocycles. The third-order valence-electron chi connectivity index (χ3n) is 3.82. The summed E-state index contributed by atoms with van der Waals surface area (Å²) in [4.78, 5) is 4.36. The fourth-order valence-electron chi connectivity index (χ4n) is 2.27. The van der Waals surface area contributed by atoms with Gasteiger partial charge in [-0.25, -0.2) is 0 Å². The van der Waals surface area contributed by atoms with E-state index in [-0.39, 0.29) is 11.9 Å². The minimum atomic E-state index is 0.193. The largest absolute Gasteiger partial charge is 0.506 e. The summed E-state index contributed by atoms with van der Waals surface area (Å²) in [5.74, 6) is 1.15. The molecule has 2 aromatic rings. The van der Waals surface area contributed by atoms with Gasteiger partial charge in [0.15, 0.2) is 0 Å². The van der Waals surface area contributed by atoms with Gasteiger partial charge in [-0.05, 0) is 51.0 Å². The van der Waals surface area contributed by atoms with Gasteiger partial charge in [0.25, 0.3) is 0 Å². The van der Waals surface area contributed by atoms with E-state index >= 15 is 0 Å². The quantitative estimate of drug-likeness (QED) is 0.814. The number of ether oxygens (including phenoxy) is 1. The highest BCUT2D eigenvalue weighted by atomic mass is 16.5. The lowest BCUT2D eigenvalue weighted by Crippen LogP contribution is -2.17. The van der Waals surface area contributed by atoms with Gasteiger partial charge >= 0.3 is 0 Å². The molecule has 1 atom stereocenters. The van der Waals surface area contributed by atoms with E-state index in [0.29, 0.717) is 18.8 Å². The van der Waals surface area contributed by atoms with E-state index in [2.05, 4.69) is 49.3 Å². The first-order valence-corrected chi connectivity index (χ1v) is 8.12. The maximum atomic E-state index is 9.85. The third kappa shape index (κ3) is 4.96. The molecule has 0 radical (unpaired) electrons. The Morgan fingerprint density at radius 1 is 1.17 bits per heavy atom. The SMILES string of the molecule is CCC(C)Oc1cc(C)ccc1CNCc1nc(C)ccc1O. The maximum absolute atomic E-state index is 9.85. The molecule has 1 aromatic carbocycles. The summed E-state index contributed by atoms with van der Waals surface area (Å²) in [6, 6.07) is 9.73. The van der Waals surface area contributed by atoms with Gasteiger partial charge in [0, 0.05) is 24.3 Å². The van der Waals surface area contributed by atoms with Crippen LogP contribution in [-0.2, 0) is 13.1 Å². The summed E-state index contributed by atoms with van der Waals surface area (Å²) >= 11 is 0. The van der Waals surface area contributed by atoms with Crippen molar-refractivity contribution in [2.75, 3.05) is 0 Å². The average Bonchev–Trinajstić information content (AvgIpc) is 2.52. The summed E-state index contributed by atoms with van der Waals surface area (Å²) in [6.07, 6.45) is 1.17. The number of pyridine rings is 1. The highest BCUT2D eigenvalue weighted by Crippen LogP contribution is 2.22. The van der Waals surface area contributed by atoms with Gasteiger partial charge in [-0.15, -0.1) is 0 Å². The molecule has 0 aliphatic rings. The molecule has 0 spiro atoms. The third-order valence-corrected chi connectivity index (χ3v) is 3.82. The number of hydrogen-bond acceptors (Lipinski definition) is 4. The smallest absolute Gasteiger partial charge is 0.138 e. The Morgan fingerprint density at radius 2 is 1.96 bits per heavy atom. The predicted molar refractivity (Wildman–Crippen MR) is 92.7 cm³/mol. The zero-order valence-corrected chi connectivity index (χ0v) is 14.4. The van der Waals surface area contributed by atoms with Crippen LogP contribution in [0, 0.1) is 13.8 Å². The fraction of sp³-hybridized carbons (Fsp3) is 0.421. The topological polar surface area (TPSA) is 54.4 Å². The standard InChI is InChI=1S/C19H26N2O2/c1-5-15(4)23-19-10-13(2)6-8-16(19)11-20-12-17-18(22)9-7-14(3)21-17/h6-10,15,20,22H,5,11-12H2,1-4H3. The lowest BCUT2D eigenvalue weighted by atomic mass is 10.1. The van der Waals surface area contributed by atoms with E-state index in [1.807, 2.05) is 6.92 Å². The molecule has 0 aliphatic carbocycles. The number of aromatic hydroxyl groups is 1. The van der Waals surface area contributed by atoms with Crippen LogP contribution in [0.25, 0.3) is 0 Å². The van der Waals surface area contributed by atoms with Gasteiger partial charge < -0.3 is 15.2 Å². The second-order valence-corrected chi connectivity index (χ2v) is 5.97. The molecule has 0 aliphatic heterocycles. The molecule has 2 rings (SSSR count). The molecule has 4 heteroatoms. The first kappa shape index (κ1) is 17.3. The van der Waals surface area contributed by atoms with Gasteiger partial charge in [-0.1, -0.05) is 19.1 Å². The number of nitrogens with zero attached hydrogens (tertiary/aromatic N) is 1. The fourth-order valence-corrected chi connectivity index (χ4v) is 2.27. The second-order valence-electron chi connectivity index (χ2n) is 5.97. The Morgan fingerprint density at radius 3 is 2.70 bits per heavy atom. The molecule has 1 unspecified atom stereocenters. The Balaban J connectivity index is 2.03. The van der Waals surface area contributed by atoms with Crippen LogP contribution in [0.3, 0.4) is 0 Å². The van der Waals surface area contributed by atoms with Gasteiger partial charge in [0.05, 0.1) is 11.8 Å². The first-order chi connectivity index (χ1) is 11.0. The summed E-state index contributed by atoms with van der Waals surface area (Å²) in [5, 5.41) is 13.2. The highest BCUT2D eigenvalue weighted by Gasteiger charge is 2.09. The highest BCUT2D eigenvalue weighted by molar-refractivity contribution is 5.37. The molecule has 2 N–H and O–H groups in total. The van der Waals surface area contributed by atoms with Gasteiger partial charge in [-0.2, -0.15) is 0 Å².